The Kier molecular flexibility index (Phi) is 10.0. The fraction of sp³-hybridized carbons (Fsp3) is 0.0625. The Hall–Kier alpha value is -8.60. The number of benzene rings is 9. The summed E-state index contributed by atoms with van der Waals surface area (Å²) in [4.78, 5) is 10.7. The first kappa shape index (κ1) is 40.9. The molecule has 1 unspecified atom stereocenters. The summed E-state index contributed by atoms with van der Waals surface area (Å²) in [6.45, 7) is 4.58. The van der Waals surface area contributed by atoms with Crippen molar-refractivity contribution >= 4 is 11.0 Å². The van der Waals surface area contributed by atoms with Crippen molar-refractivity contribution in [3.05, 3.63) is 265 Å². The number of fused-ring (bicyclic) bond motifs is 4. The van der Waals surface area contributed by atoms with E-state index in [1.54, 1.807) is 6.07 Å². The van der Waals surface area contributed by atoms with E-state index in [0.29, 0.717) is 11.4 Å². The van der Waals surface area contributed by atoms with Crippen molar-refractivity contribution in [2.24, 2.45) is 0 Å². The zero-order valence-corrected chi connectivity index (χ0v) is 37.9. The van der Waals surface area contributed by atoms with E-state index in [2.05, 4.69) is 219 Å². The van der Waals surface area contributed by atoms with Crippen molar-refractivity contribution in [3.8, 4) is 78.6 Å². The topological polar surface area (TPSA) is 50.9 Å². The molecule has 0 saturated carbocycles. The van der Waals surface area contributed by atoms with Gasteiger partial charge in [-0.1, -0.05) is 196 Å². The molecule has 4 heteroatoms. The molecule has 11 aromatic rings. The quantitative estimate of drug-likeness (QED) is 0.157. The van der Waals surface area contributed by atoms with Gasteiger partial charge in [0, 0.05) is 34.2 Å². The van der Waals surface area contributed by atoms with Gasteiger partial charge in [-0.3, -0.25) is 9.55 Å². The summed E-state index contributed by atoms with van der Waals surface area (Å²) in [6.07, 6.45) is 1.95. The zero-order chi connectivity index (χ0) is 45.8. The molecule has 0 saturated heterocycles. The molecule has 0 fully saturated rings. The van der Waals surface area contributed by atoms with Crippen molar-refractivity contribution in [3.63, 3.8) is 0 Å². The molecule has 1 aliphatic rings. The van der Waals surface area contributed by atoms with Crippen molar-refractivity contribution < 1.29 is 5.11 Å². The van der Waals surface area contributed by atoms with Crippen LogP contribution in [0.25, 0.3) is 83.9 Å². The average molecular weight is 874 g/mol. The second-order valence-corrected chi connectivity index (χ2v) is 18.3. The number of phenolic OH excluding ortho intramolecular Hbond substituents is 1. The van der Waals surface area contributed by atoms with Gasteiger partial charge in [-0.15, -0.1) is 0 Å². The van der Waals surface area contributed by atoms with Gasteiger partial charge in [-0.25, -0.2) is 4.98 Å². The largest absolute Gasteiger partial charge is 0.507 e. The van der Waals surface area contributed by atoms with Gasteiger partial charge in [0.15, 0.2) is 0 Å². The van der Waals surface area contributed by atoms with Gasteiger partial charge in [0.05, 0.1) is 28.0 Å². The predicted molar refractivity (Wildman–Crippen MR) is 279 cm³/mol. The first-order valence-corrected chi connectivity index (χ1v) is 23.3. The van der Waals surface area contributed by atoms with Crippen molar-refractivity contribution in [1.29, 1.82) is 0 Å². The van der Waals surface area contributed by atoms with E-state index in [0.717, 1.165) is 61.4 Å². The standard InChI is InChI=1S/C64H47N3O/c1-64(2,47-23-10-5-11-24-47)48-35-33-42(34-36-48)45-37-38-65-56(41-45)55-40-46(39-54-51-26-12-13-27-52(51)60(61(54)55)44-21-8-4-9-22-44)50-29-18-31-58-62(50)66-63(53-28-15-17-32-59(53)68)67(58)57-30-16-14-25-49(57)43-19-6-3-7-20-43/h3-41,60,68H,1-2H3. The van der Waals surface area contributed by atoms with Gasteiger partial charge in [0.25, 0.3) is 0 Å². The molecule has 1 atom stereocenters. The number of hydrogen-bond acceptors (Lipinski definition) is 3. The Morgan fingerprint density at radius 2 is 1.07 bits per heavy atom. The summed E-state index contributed by atoms with van der Waals surface area (Å²) in [7, 11) is 0. The van der Waals surface area contributed by atoms with E-state index in [9.17, 15) is 5.11 Å². The average Bonchev–Trinajstić information content (AvgIpc) is 3.96. The maximum Gasteiger partial charge on any atom is 0.149 e. The van der Waals surface area contributed by atoms with Gasteiger partial charge in [-0.2, -0.15) is 0 Å². The normalized spacial score (nSPS) is 13.1. The number of aromatic hydroxyl groups is 1. The number of pyridine rings is 1. The van der Waals surface area contributed by atoms with Crippen LogP contribution in [0.15, 0.2) is 237 Å². The van der Waals surface area contributed by atoms with E-state index in [1.807, 2.05) is 30.5 Å². The molecule has 324 valence electrons. The van der Waals surface area contributed by atoms with Crippen LogP contribution in [0.1, 0.15) is 47.6 Å². The van der Waals surface area contributed by atoms with Crippen LogP contribution in [-0.2, 0) is 5.41 Å². The first-order chi connectivity index (χ1) is 33.4. The lowest BCUT2D eigenvalue weighted by Crippen LogP contribution is -2.18. The molecule has 0 bridgehead atoms. The lowest BCUT2D eigenvalue weighted by Gasteiger charge is -2.26. The third-order valence-electron chi connectivity index (χ3n) is 14.0. The van der Waals surface area contributed by atoms with Crippen molar-refractivity contribution in [1.82, 2.24) is 14.5 Å². The molecule has 0 spiro atoms. The molecule has 12 rings (SSSR count). The third kappa shape index (κ3) is 6.92. The molecule has 1 N–H and O–H groups in total. The van der Waals surface area contributed by atoms with E-state index < -0.39 is 0 Å². The predicted octanol–water partition coefficient (Wildman–Crippen LogP) is 15.9. The number of phenols is 1. The Morgan fingerprint density at radius 1 is 0.456 bits per heavy atom. The lowest BCUT2D eigenvalue weighted by molar-refractivity contribution is 0.477. The molecule has 0 radical (unpaired) electrons. The minimum atomic E-state index is -0.141. The fourth-order valence-electron chi connectivity index (χ4n) is 10.5. The summed E-state index contributed by atoms with van der Waals surface area (Å²) in [6, 6.07) is 81.4. The third-order valence-corrected chi connectivity index (χ3v) is 14.0. The molecule has 68 heavy (non-hydrogen) atoms. The maximum atomic E-state index is 11.5. The number of para-hydroxylation sites is 3. The SMILES string of the molecule is CC(C)(c1ccccc1)c1ccc(-c2ccnc(-c3cc(-c4cccc5c4nc(-c4ccccc4O)n5-c4ccccc4-c4ccccc4)cc4c3C(c3ccccc3)c3ccccc3-4)c2)cc1. The van der Waals surface area contributed by atoms with Gasteiger partial charge in [0.2, 0.25) is 0 Å². The monoisotopic (exact) mass is 873 g/mol. The summed E-state index contributed by atoms with van der Waals surface area (Å²) < 4.78 is 2.21. The number of hydrogen-bond donors (Lipinski definition) is 1. The minimum Gasteiger partial charge on any atom is -0.507 e. The van der Waals surface area contributed by atoms with Gasteiger partial charge in [-0.05, 0) is 110 Å². The molecule has 0 amide bonds. The van der Waals surface area contributed by atoms with Crippen LogP contribution >= 0.6 is 0 Å². The second-order valence-electron chi connectivity index (χ2n) is 18.3. The van der Waals surface area contributed by atoms with Gasteiger partial charge < -0.3 is 5.11 Å². The van der Waals surface area contributed by atoms with Crippen LogP contribution in [0.5, 0.6) is 5.75 Å². The minimum absolute atomic E-state index is 0.00792. The van der Waals surface area contributed by atoms with E-state index in [1.165, 1.54) is 38.9 Å². The van der Waals surface area contributed by atoms with Crippen molar-refractivity contribution in [2.45, 2.75) is 25.2 Å². The van der Waals surface area contributed by atoms with Crippen LogP contribution in [0.4, 0.5) is 0 Å². The summed E-state index contributed by atoms with van der Waals surface area (Å²) in [5.74, 6) is 0.845. The fourth-order valence-corrected chi connectivity index (χ4v) is 10.5. The highest BCUT2D eigenvalue weighted by atomic mass is 16.3. The highest BCUT2D eigenvalue weighted by Crippen LogP contribution is 2.53. The van der Waals surface area contributed by atoms with Crippen LogP contribution in [0.3, 0.4) is 0 Å². The Balaban J connectivity index is 1.08. The Morgan fingerprint density at radius 3 is 1.84 bits per heavy atom. The highest BCUT2D eigenvalue weighted by Gasteiger charge is 2.34. The molecule has 9 aromatic carbocycles. The molecular formula is C64H47N3O. The maximum absolute atomic E-state index is 11.5. The first-order valence-electron chi connectivity index (χ1n) is 23.3. The van der Waals surface area contributed by atoms with E-state index >= 15 is 0 Å². The van der Waals surface area contributed by atoms with Crippen molar-refractivity contribution in [2.75, 3.05) is 0 Å². The summed E-state index contributed by atoms with van der Waals surface area (Å²) in [5, 5.41) is 11.5. The van der Waals surface area contributed by atoms with Crippen LogP contribution < -0.4 is 0 Å². The Labute approximate surface area is 397 Å². The number of nitrogens with zero attached hydrogens (tertiary/aromatic N) is 3. The Bertz CT molecular complexity index is 3650. The summed E-state index contributed by atoms with van der Waals surface area (Å²) >= 11 is 0. The zero-order valence-electron chi connectivity index (χ0n) is 37.9. The molecule has 2 aromatic heterocycles. The number of aromatic nitrogens is 3. The van der Waals surface area contributed by atoms with Crippen LogP contribution in [0.2, 0.25) is 0 Å². The number of imidazole rings is 1. The molecule has 2 heterocycles. The molecule has 1 aliphatic carbocycles. The highest BCUT2D eigenvalue weighted by molar-refractivity contribution is 6.00. The van der Waals surface area contributed by atoms with Crippen LogP contribution in [-0.4, -0.2) is 19.6 Å². The second kappa shape index (κ2) is 16.7. The lowest BCUT2D eigenvalue weighted by atomic mass is 9.78. The molecular weight excluding hydrogens is 827 g/mol. The number of rotatable bonds is 9. The summed E-state index contributed by atoms with van der Waals surface area (Å²) in [5.41, 5.74) is 20.4. The van der Waals surface area contributed by atoms with E-state index in [4.69, 9.17) is 9.97 Å². The molecule has 4 nitrogen and oxygen atoms in total. The van der Waals surface area contributed by atoms with E-state index in [-0.39, 0.29) is 17.1 Å². The van der Waals surface area contributed by atoms with Gasteiger partial charge >= 0.3 is 0 Å². The molecule has 0 aliphatic heterocycles. The smallest absolute Gasteiger partial charge is 0.149 e. The van der Waals surface area contributed by atoms with Crippen LogP contribution in [0, 0.1) is 0 Å². The van der Waals surface area contributed by atoms with Gasteiger partial charge in [0.1, 0.15) is 11.6 Å².